The van der Waals surface area contributed by atoms with Gasteiger partial charge in [-0.1, -0.05) is 18.2 Å². The number of nitrogens with one attached hydrogen (secondary N) is 1. The largest absolute Gasteiger partial charge is 0.326 e. The van der Waals surface area contributed by atoms with Crippen LogP contribution in [-0.2, 0) is 16.6 Å². The minimum Gasteiger partial charge on any atom is -0.326 e. The first kappa shape index (κ1) is 15.8. The number of thioether (sulfide) groups is 1. The third kappa shape index (κ3) is 3.55. The molecule has 0 fully saturated rings. The van der Waals surface area contributed by atoms with Gasteiger partial charge in [-0.15, -0.1) is 11.8 Å². The van der Waals surface area contributed by atoms with Gasteiger partial charge >= 0.3 is 0 Å². The van der Waals surface area contributed by atoms with E-state index in [0.29, 0.717) is 11.3 Å². The summed E-state index contributed by atoms with van der Waals surface area (Å²) in [6, 6.07) is 10.6. The quantitative estimate of drug-likeness (QED) is 0.829. The Morgan fingerprint density at radius 3 is 2.62 bits per heavy atom. The number of hydrogen-bond acceptors (Lipinski definition) is 4. The number of benzene rings is 2. The molecule has 0 heterocycles. The summed E-state index contributed by atoms with van der Waals surface area (Å²) in [5.41, 5.74) is 6.35. The number of nitrogens with two attached hydrogens (primary N) is 1. The molecule has 112 valence electrons. The molecule has 0 radical (unpaired) electrons. The van der Waals surface area contributed by atoms with Crippen LogP contribution in [0.3, 0.4) is 0 Å². The molecule has 2 rings (SSSR count). The van der Waals surface area contributed by atoms with Crippen molar-refractivity contribution in [2.75, 3.05) is 11.0 Å². The summed E-state index contributed by atoms with van der Waals surface area (Å²) >= 11 is 1.42. The van der Waals surface area contributed by atoms with Gasteiger partial charge in [-0.05, 0) is 36.1 Å². The van der Waals surface area contributed by atoms with Crippen LogP contribution in [0.2, 0.25) is 0 Å². The summed E-state index contributed by atoms with van der Waals surface area (Å²) in [5.74, 6) is -0.620. The summed E-state index contributed by atoms with van der Waals surface area (Å²) in [6.45, 7) is 0.0146. The Morgan fingerprint density at radius 2 is 1.95 bits per heavy atom. The van der Waals surface area contributed by atoms with Gasteiger partial charge < -0.3 is 5.73 Å². The minimum atomic E-state index is -3.89. The molecule has 21 heavy (non-hydrogen) atoms. The van der Waals surface area contributed by atoms with E-state index >= 15 is 0 Å². The smallest absolute Gasteiger partial charge is 0.262 e. The lowest BCUT2D eigenvalue weighted by atomic mass is 10.2. The number of sulfonamides is 1. The molecule has 0 atom stereocenters. The van der Waals surface area contributed by atoms with Crippen molar-refractivity contribution in [3.05, 3.63) is 53.8 Å². The molecule has 0 aliphatic rings. The van der Waals surface area contributed by atoms with Gasteiger partial charge in [-0.25, -0.2) is 12.8 Å². The maximum absolute atomic E-state index is 13.4. The van der Waals surface area contributed by atoms with Crippen LogP contribution >= 0.6 is 11.8 Å². The van der Waals surface area contributed by atoms with Gasteiger partial charge in [0.25, 0.3) is 10.0 Å². The zero-order valence-electron chi connectivity index (χ0n) is 11.3. The molecule has 0 spiro atoms. The van der Waals surface area contributed by atoms with Crippen molar-refractivity contribution in [1.82, 2.24) is 0 Å². The van der Waals surface area contributed by atoms with Gasteiger partial charge in [0.15, 0.2) is 0 Å². The number of hydrogen-bond donors (Lipinski definition) is 2. The summed E-state index contributed by atoms with van der Waals surface area (Å²) in [7, 11) is -3.89. The number of para-hydroxylation sites is 1. The normalized spacial score (nSPS) is 11.4. The molecule has 0 unspecified atom stereocenters. The molecule has 0 aromatic heterocycles. The van der Waals surface area contributed by atoms with E-state index in [1.165, 1.54) is 23.9 Å². The molecule has 4 nitrogen and oxygen atoms in total. The molecule has 0 saturated carbocycles. The highest BCUT2D eigenvalue weighted by Gasteiger charge is 2.20. The van der Waals surface area contributed by atoms with E-state index in [0.717, 1.165) is 11.0 Å². The van der Waals surface area contributed by atoms with Gasteiger partial charge in [-0.2, -0.15) is 0 Å². The van der Waals surface area contributed by atoms with E-state index in [1.807, 2.05) is 12.3 Å². The van der Waals surface area contributed by atoms with Gasteiger partial charge in [-0.3, -0.25) is 4.72 Å². The maximum Gasteiger partial charge on any atom is 0.262 e. The van der Waals surface area contributed by atoms with E-state index < -0.39 is 15.8 Å². The summed E-state index contributed by atoms with van der Waals surface area (Å²) in [6.07, 6.45) is 1.85. The SMILES string of the molecule is CSc1ccccc1NS(=O)(=O)c1cc(F)ccc1CN. The van der Waals surface area contributed by atoms with Crippen molar-refractivity contribution in [3.63, 3.8) is 0 Å². The topological polar surface area (TPSA) is 72.2 Å². The Balaban J connectivity index is 2.46. The summed E-state index contributed by atoms with van der Waals surface area (Å²) < 4.78 is 40.8. The van der Waals surface area contributed by atoms with E-state index in [9.17, 15) is 12.8 Å². The van der Waals surface area contributed by atoms with Crippen LogP contribution in [0.15, 0.2) is 52.3 Å². The lowest BCUT2D eigenvalue weighted by Gasteiger charge is -2.13. The van der Waals surface area contributed by atoms with Crippen molar-refractivity contribution in [1.29, 1.82) is 0 Å². The third-order valence-corrected chi connectivity index (χ3v) is 5.13. The van der Waals surface area contributed by atoms with Crippen molar-refractivity contribution >= 4 is 27.5 Å². The van der Waals surface area contributed by atoms with Crippen LogP contribution in [0.25, 0.3) is 0 Å². The van der Waals surface area contributed by atoms with Gasteiger partial charge in [0.2, 0.25) is 0 Å². The maximum atomic E-state index is 13.4. The number of anilines is 1. The van der Waals surface area contributed by atoms with E-state index in [2.05, 4.69) is 4.72 Å². The third-order valence-electron chi connectivity index (χ3n) is 2.89. The molecule has 2 aromatic carbocycles. The first-order chi connectivity index (χ1) is 9.97. The molecule has 0 aliphatic carbocycles. The van der Waals surface area contributed by atoms with Crippen LogP contribution in [0.5, 0.6) is 0 Å². The number of rotatable bonds is 5. The first-order valence-corrected chi connectivity index (χ1v) is 8.83. The van der Waals surface area contributed by atoms with Crippen LogP contribution < -0.4 is 10.5 Å². The Morgan fingerprint density at radius 1 is 1.24 bits per heavy atom. The fraction of sp³-hybridized carbons (Fsp3) is 0.143. The van der Waals surface area contributed by atoms with Crippen LogP contribution in [0.4, 0.5) is 10.1 Å². The first-order valence-electron chi connectivity index (χ1n) is 6.12. The molecule has 0 amide bonds. The summed E-state index contributed by atoms with van der Waals surface area (Å²) in [5, 5.41) is 0. The highest BCUT2D eigenvalue weighted by Crippen LogP contribution is 2.28. The monoisotopic (exact) mass is 326 g/mol. The molecule has 0 aliphatic heterocycles. The Kier molecular flexibility index (Phi) is 4.87. The van der Waals surface area contributed by atoms with E-state index in [4.69, 9.17) is 5.73 Å². The predicted molar refractivity (Wildman–Crippen MR) is 83.3 cm³/mol. The minimum absolute atomic E-state index is 0.0146. The van der Waals surface area contributed by atoms with Crippen molar-refractivity contribution in [2.24, 2.45) is 5.73 Å². The fourth-order valence-corrected chi connectivity index (χ4v) is 3.84. The molecule has 0 bridgehead atoms. The van der Waals surface area contributed by atoms with Gasteiger partial charge in [0, 0.05) is 11.4 Å². The molecule has 7 heteroatoms. The average Bonchev–Trinajstić information content (AvgIpc) is 2.47. The second-order valence-corrected chi connectivity index (χ2v) is 6.76. The zero-order valence-corrected chi connectivity index (χ0v) is 13.0. The predicted octanol–water partition coefficient (Wildman–Crippen LogP) is 2.81. The van der Waals surface area contributed by atoms with Crippen molar-refractivity contribution in [2.45, 2.75) is 16.3 Å². The van der Waals surface area contributed by atoms with Crippen molar-refractivity contribution in [3.8, 4) is 0 Å². The highest BCUT2D eigenvalue weighted by molar-refractivity contribution is 7.99. The van der Waals surface area contributed by atoms with E-state index in [-0.39, 0.29) is 11.4 Å². The highest BCUT2D eigenvalue weighted by atomic mass is 32.2. The van der Waals surface area contributed by atoms with Crippen LogP contribution in [0.1, 0.15) is 5.56 Å². The Bertz CT molecular complexity index is 748. The van der Waals surface area contributed by atoms with E-state index in [1.54, 1.807) is 18.2 Å². The summed E-state index contributed by atoms with van der Waals surface area (Å²) in [4.78, 5) is 0.646. The molecule has 2 aromatic rings. The second kappa shape index (κ2) is 6.46. The standard InChI is InChI=1S/C14H15FN2O2S2/c1-20-13-5-3-2-4-12(13)17-21(18,19)14-8-11(15)7-6-10(14)9-16/h2-8,17H,9,16H2,1H3. The molecule has 0 saturated heterocycles. The van der Waals surface area contributed by atoms with Gasteiger partial charge in [0.05, 0.1) is 10.6 Å². The fourth-order valence-electron chi connectivity index (χ4n) is 1.88. The van der Waals surface area contributed by atoms with Crippen molar-refractivity contribution < 1.29 is 12.8 Å². The molecular weight excluding hydrogens is 311 g/mol. The lowest BCUT2D eigenvalue weighted by Crippen LogP contribution is -2.17. The zero-order chi connectivity index (χ0) is 15.5. The average molecular weight is 326 g/mol. The molecular formula is C14H15FN2O2S2. The lowest BCUT2D eigenvalue weighted by molar-refractivity contribution is 0.593. The van der Waals surface area contributed by atoms with Crippen LogP contribution in [-0.4, -0.2) is 14.7 Å². The Labute approximate surface area is 127 Å². The molecule has 3 N–H and O–H groups in total. The Hall–Kier alpha value is -1.57. The second-order valence-electron chi connectivity index (χ2n) is 4.26. The number of halogens is 1. The van der Waals surface area contributed by atoms with Crippen LogP contribution in [0, 0.1) is 5.82 Å². The van der Waals surface area contributed by atoms with Gasteiger partial charge in [0.1, 0.15) is 5.82 Å².